The van der Waals surface area contributed by atoms with Gasteiger partial charge < -0.3 is 9.47 Å². The molecule has 0 unspecified atom stereocenters. The average Bonchev–Trinajstić information content (AvgIpc) is 2.87. The maximum atomic E-state index is 10.7. The number of benzene rings is 1. The highest BCUT2D eigenvalue weighted by atomic mass is 16.7. The SMILES string of the molecule is CN(C)N.O=c1cc1C=Cc1ccc2c(c1)OCO2. The molecule has 0 saturated heterocycles. The summed E-state index contributed by atoms with van der Waals surface area (Å²) in [5.74, 6) is 6.47. The van der Waals surface area contributed by atoms with Crippen LogP contribution in [0, 0.1) is 0 Å². The van der Waals surface area contributed by atoms with Crippen molar-refractivity contribution in [2.45, 2.75) is 0 Å². The van der Waals surface area contributed by atoms with Crippen molar-refractivity contribution in [2.24, 2.45) is 5.84 Å². The van der Waals surface area contributed by atoms with E-state index in [1.54, 1.807) is 26.2 Å². The van der Waals surface area contributed by atoms with Crippen molar-refractivity contribution in [3.8, 4) is 11.5 Å². The largest absolute Gasteiger partial charge is 0.454 e. The molecule has 1 heterocycles. The van der Waals surface area contributed by atoms with Crippen molar-refractivity contribution in [2.75, 3.05) is 20.9 Å². The fourth-order valence-corrected chi connectivity index (χ4v) is 1.44. The quantitative estimate of drug-likeness (QED) is 0.650. The molecule has 0 aliphatic carbocycles. The van der Waals surface area contributed by atoms with E-state index >= 15 is 0 Å². The van der Waals surface area contributed by atoms with Gasteiger partial charge >= 0.3 is 0 Å². The molecule has 0 amide bonds. The molecule has 2 aromatic carbocycles. The van der Waals surface area contributed by atoms with Gasteiger partial charge in [0.2, 0.25) is 6.79 Å². The Balaban J connectivity index is 0.000000297. The second-order valence-electron chi connectivity index (χ2n) is 4.37. The Morgan fingerprint density at radius 2 is 1.79 bits per heavy atom. The number of ether oxygens (including phenoxy) is 2. The Morgan fingerprint density at radius 3 is 2.42 bits per heavy atom. The van der Waals surface area contributed by atoms with Crippen LogP contribution in [0.15, 0.2) is 29.1 Å². The summed E-state index contributed by atoms with van der Waals surface area (Å²) in [6.45, 7) is 0.284. The van der Waals surface area contributed by atoms with Gasteiger partial charge in [-0.25, -0.2) is 0 Å². The molecule has 0 radical (unpaired) electrons. The molecule has 100 valence electrons. The number of nitrogens with two attached hydrogens (primary N) is 1. The second-order valence-corrected chi connectivity index (χ2v) is 4.37. The lowest BCUT2D eigenvalue weighted by atomic mass is 10.2. The van der Waals surface area contributed by atoms with Gasteiger partial charge in [-0.05, 0) is 23.8 Å². The van der Waals surface area contributed by atoms with Crippen LogP contribution in [0.4, 0.5) is 0 Å². The van der Waals surface area contributed by atoms with E-state index in [0.29, 0.717) is 0 Å². The molecule has 5 nitrogen and oxygen atoms in total. The molecule has 3 rings (SSSR count). The van der Waals surface area contributed by atoms with Crippen molar-refractivity contribution in [3.05, 3.63) is 45.6 Å². The van der Waals surface area contributed by atoms with Crippen LogP contribution in [0.2, 0.25) is 0 Å². The van der Waals surface area contributed by atoms with Crippen molar-refractivity contribution in [1.29, 1.82) is 0 Å². The highest BCUT2D eigenvalue weighted by molar-refractivity contribution is 5.73. The highest BCUT2D eigenvalue weighted by Crippen LogP contribution is 2.32. The van der Waals surface area contributed by atoms with E-state index in [1.807, 2.05) is 24.3 Å². The molecule has 0 saturated carbocycles. The molecule has 1 aliphatic heterocycles. The van der Waals surface area contributed by atoms with Crippen molar-refractivity contribution < 1.29 is 9.47 Å². The van der Waals surface area contributed by atoms with Crippen LogP contribution < -0.4 is 20.7 Å². The minimum atomic E-state index is 0.118. The van der Waals surface area contributed by atoms with E-state index in [2.05, 4.69) is 0 Å². The Kier molecular flexibility index (Phi) is 3.99. The normalized spacial score (nSPS) is 13.1. The number of fused-ring (bicyclic) bond motifs is 1. The molecular formula is C14H16N2O3. The smallest absolute Gasteiger partial charge is 0.231 e. The number of nitrogens with zero attached hydrogens (tertiary/aromatic N) is 1. The molecule has 0 aromatic heterocycles. The van der Waals surface area contributed by atoms with Gasteiger partial charge in [0.05, 0.1) is 0 Å². The first-order valence-corrected chi connectivity index (χ1v) is 5.82. The summed E-state index contributed by atoms with van der Waals surface area (Å²) in [6.07, 6.45) is 3.69. The lowest BCUT2D eigenvalue weighted by molar-refractivity contribution is 0.174. The molecule has 0 atom stereocenters. The minimum absolute atomic E-state index is 0.118. The zero-order chi connectivity index (χ0) is 13.8. The predicted molar refractivity (Wildman–Crippen MR) is 74.5 cm³/mol. The molecule has 2 N–H and O–H groups in total. The van der Waals surface area contributed by atoms with E-state index in [9.17, 15) is 4.79 Å². The van der Waals surface area contributed by atoms with Gasteiger partial charge in [0.15, 0.2) is 16.9 Å². The average molecular weight is 260 g/mol. The summed E-state index contributed by atoms with van der Waals surface area (Å²) in [5.41, 5.74) is 1.89. The van der Waals surface area contributed by atoms with Gasteiger partial charge in [-0.2, -0.15) is 0 Å². The van der Waals surface area contributed by atoms with E-state index in [4.69, 9.17) is 15.3 Å². The standard InChI is InChI=1S/C12H8O3.C2H8N2/c13-10-6-9(10)3-1-8-2-4-11-12(5-8)15-7-14-11;1-4(2)3/h1-6H,7H2;3H2,1-2H3. The molecule has 0 fully saturated rings. The molecule has 0 bridgehead atoms. The molecule has 2 aromatic rings. The number of hydrogen-bond donors (Lipinski definition) is 1. The Bertz CT molecular complexity index is 593. The third kappa shape index (κ3) is 3.94. The van der Waals surface area contributed by atoms with Gasteiger partial charge in [0, 0.05) is 19.7 Å². The van der Waals surface area contributed by atoms with Crippen LogP contribution in [0.25, 0.3) is 12.2 Å². The summed E-state index contributed by atoms with van der Waals surface area (Å²) in [7, 11) is 3.56. The van der Waals surface area contributed by atoms with E-state index in [0.717, 1.165) is 22.6 Å². The van der Waals surface area contributed by atoms with Crippen LogP contribution in [0.5, 0.6) is 11.5 Å². The fraction of sp³-hybridized carbons (Fsp3) is 0.214. The summed E-state index contributed by atoms with van der Waals surface area (Å²) in [4.78, 5) is 10.7. The maximum absolute atomic E-state index is 10.7. The summed E-state index contributed by atoms with van der Waals surface area (Å²) >= 11 is 0. The summed E-state index contributed by atoms with van der Waals surface area (Å²) in [6, 6.07) is 7.29. The van der Waals surface area contributed by atoms with Crippen LogP contribution >= 0.6 is 0 Å². The molecule has 1 aliphatic rings. The van der Waals surface area contributed by atoms with Crippen LogP contribution in [-0.4, -0.2) is 25.9 Å². The summed E-state index contributed by atoms with van der Waals surface area (Å²) < 4.78 is 10.4. The molecule has 5 heteroatoms. The van der Waals surface area contributed by atoms with Gasteiger partial charge in [-0.3, -0.25) is 15.6 Å². The predicted octanol–water partition coefficient (Wildman–Crippen LogP) is 1.24. The van der Waals surface area contributed by atoms with Crippen molar-refractivity contribution in [3.63, 3.8) is 0 Å². The first-order valence-electron chi connectivity index (χ1n) is 5.82. The fourth-order valence-electron chi connectivity index (χ4n) is 1.44. The van der Waals surface area contributed by atoms with Gasteiger partial charge in [-0.1, -0.05) is 18.2 Å². The zero-order valence-electron chi connectivity index (χ0n) is 10.9. The van der Waals surface area contributed by atoms with E-state index < -0.39 is 0 Å². The zero-order valence-corrected chi connectivity index (χ0v) is 10.9. The Hall–Kier alpha value is -2.11. The molecular weight excluding hydrogens is 244 g/mol. The maximum Gasteiger partial charge on any atom is 0.231 e. The number of hydrogen-bond acceptors (Lipinski definition) is 5. The third-order valence-electron chi connectivity index (χ3n) is 2.34. The molecule has 0 spiro atoms. The Labute approximate surface area is 111 Å². The van der Waals surface area contributed by atoms with Gasteiger partial charge in [0.25, 0.3) is 0 Å². The lowest BCUT2D eigenvalue weighted by Gasteiger charge is -1.96. The monoisotopic (exact) mass is 260 g/mol. The Morgan fingerprint density at radius 1 is 1.16 bits per heavy atom. The molecule has 19 heavy (non-hydrogen) atoms. The first kappa shape index (κ1) is 13.3. The van der Waals surface area contributed by atoms with E-state index in [-0.39, 0.29) is 12.2 Å². The minimum Gasteiger partial charge on any atom is -0.454 e. The lowest BCUT2D eigenvalue weighted by Crippen LogP contribution is -2.18. The van der Waals surface area contributed by atoms with Crippen LogP contribution in [0.1, 0.15) is 11.1 Å². The number of hydrazine groups is 1. The third-order valence-corrected chi connectivity index (χ3v) is 2.34. The number of rotatable bonds is 2. The highest BCUT2D eigenvalue weighted by Gasteiger charge is 2.12. The topological polar surface area (TPSA) is 64.8 Å². The van der Waals surface area contributed by atoms with Crippen LogP contribution in [-0.2, 0) is 0 Å². The summed E-state index contributed by atoms with van der Waals surface area (Å²) in [5, 5.41) is 1.50. The van der Waals surface area contributed by atoms with Crippen LogP contribution in [0.3, 0.4) is 0 Å². The first-order chi connectivity index (χ1) is 9.06. The van der Waals surface area contributed by atoms with Crippen molar-refractivity contribution in [1.82, 2.24) is 5.01 Å². The van der Waals surface area contributed by atoms with Gasteiger partial charge in [-0.15, -0.1) is 0 Å². The van der Waals surface area contributed by atoms with E-state index in [1.165, 1.54) is 5.01 Å². The van der Waals surface area contributed by atoms with Gasteiger partial charge in [0.1, 0.15) is 0 Å². The second kappa shape index (κ2) is 5.69. The van der Waals surface area contributed by atoms with Crippen molar-refractivity contribution >= 4 is 12.2 Å².